The maximum absolute atomic E-state index is 12.1. The molecule has 0 aliphatic rings. The highest BCUT2D eigenvalue weighted by molar-refractivity contribution is 9.10. The van der Waals surface area contributed by atoms with Crippen LogP contribution in [0.4, 0.5) is 17.2 Å². The summed E-state index contributed by atoms with van der Waals surface area (Å²) in [6.45, 7) is 2.03. The fourth-order valence-electron chi connectivity index (χ4n) is 2.43. The Hall–Kier alpha value is -2.66. The second-order valence-electron chi connectivity index (χ2n) is 5.73. The molecule has 0 atom stereocenters. The summed E-state index contributed by atoms with van der Waals surface area (Å²) in [7, 11) is 0. The molecule has 1 aromatic heterocycles. The van der Waals surface area contributed by atoms with Gasteiger partial charge in [0.05, 0.1) is 18.3 Å². The second kappa shape index (κ2) is 7.94. The molecular weight excluding hydrogens is 378 g/mol. The van der Waals surface area contributed by atoms with E-state index in [-0.39, 0.29) is 5.91 Å². The van der Waals surface area contributed by atoms with Crippen molar-refractivity contribution in [1.29, 1.82) is 0 Å². The fraction of sp³-hybridized carbons (Fsp3) is 0.100. The minimum atomic E-state index is -0.0579. The quantitative estimate of drug-likeness (QED) is 0.633. The number of hydrogen-bond acceptors (Lipinski definition) is 3. The van der Waals surface area contributed by atoms with Crippen LogP contribution in [0, 0.1) is 6.92 Å². The summed E-state index contributed by atoms with van der Waals surface area (Å²) in [5.41, 5.74) is 3.78. The van der Waals surface area contributed by atoms with Gasteiger partial charge < -0.3 is 10.6 Å². The number of halogens is 1. The topological polar surface area (TPSA) is 54.0 Å². The van der Waals surface area contributed by atoms with E-state index in [0.29, 0.717) is 12.1 Å². The van der Waals surface area contributed by atoms with Gasteiger partial charge in [0, 0.05) is 10.2 Å². The van der Waals surface area contributed by atoms with Crippen molar-refractivity contribution in [3.05, 3.63) is 82.5 Å². The molecule has 1 heterocycles. The number of benzene rings is 2. The first-order valence-electron chi connectivity index (χ1n) is 7.93. The Kier molecular flexibility index (Phi) is 5.46. The van der Waals surface area contributed by atoms with Crippen LogP contribution in [0.3, 0.4) is 0 Å². The SMILES string of the molecule is Cc1cc(Br)ccc1Nc1ccc(NC(=O)Cc2ccccc2)cn1. The van der Waals surface area contributed by atoms with Crippen molar-refractivity contribution >= 4 is 39.0 Å². The van der Waals surface area contributed by atoms with Crippen LogP contribution in [-0.2, 0) is 11.2 Å². The largest absolute Gasteiger partial charge is 0.340 e. The van der Waals surface area contributed by atoms with Crippen LogP contribution in [0.1, 0.15) is 11.1 Å². The molecule has 1 amide bonds. The lowest BCUT2D eigenvalue weighted by molar-refractivity contribution is -0.115. The number of nitrogens with one attached hydrogen (secondary N) is 2. The van der Waals surface area contributed by atoms with E-state index >= 15 is 0 Å². The molecule has 0 unspecified atom stereocenters. The molecule has 2 N–H and O–H groups in total. The number of anilines is 3. The van der Waals surface area contributed by atoms with Gasteiger partial charge in [0.2, 0.25) is 5.91 Å². The van der Waals surface area contributed by atoms with Crippen molar-refractivity contribution in [2.45, 2.75) is 13.3 Å². The van der Waals surface area contributed by atoms with Crippen molar-refractivity contribution in [2.75, 3.05) is 10.6 Å². The number of nitrogens with zero attached hydrogens (tertiary/aromatic N) is 1. The predicted molar refractivity (Wildman–Crippen MR) is 105 cm³/mol. The third-order valence-corrected chi connectivity index (χ3v) is 4.20. The van der Waals surface area contributed by atoms with Crippen LogP contribution in [0.2, 0.25) is 0 Å². The van der Waals surface area contributed by atoms with Gasteiger partial charge in [-0.15, -0.1) is 0 Å². The molecule has 3 aromatic rings. The van der Waals surface area contributed by atoms with E-state index in [9.17, 15) is 4.79 Å². The van der Waals surface area contributed by atoms with E-state index in [0.717, 1.165) is 27.1 Å². The zero-order chi connectivity index (χ0) is 17.6. The number of hydrogen-bond donors (Lipinski definition) is 2. The summed E-state index contributed by atoms with van der Waals surface area (Å²) in [6.07, 6.45) is 2.00. The van der Waals surface area contributed by atoms with Crippen LogP contribution in [0.25, 0.3) is 0 Å². The van der Waals surface area contributed by atoms with E-state index in [1.165, 1.54) is 0 Å². The molecule has 0 aliphatic carbocycles. The van der Waals surface area contributed by atoms with Gasteiger partial charge in [-0.2, -0.15) is 0 Å². The highest BCUT2D eigenvalue weighted by Crippen LogP contribution is 2.23. The van der Waals surface area contributed by atoms with Crippen LogP contribution >= 0.6 is 15.9 Å². The predicted octanol–water partition coefficient (Wildman–Crippen LogP) is 5.08. The number of amides is 1. The minimum Gasteiger partial charge on any atom is -0.340 e. The number of rotatable bonds is 5. The molecule has 0 aliphatic heterocycles. The molecule has 0 spiro atoms. The Morgan fingerprint density at radius 2 is 1.88 bits per heavy atom. The summed E-state index contributed by atoms with van der Waals surface area (Å²) in [5, 5.41) is 6.14. The zero-order valence-electron chi connectivity index (χ0n) is 13.8. The standard InChI is InChI=1S/C20H18BrN3O/c1-14-11-16(21)7-9-18(14)24-19-10-8-17(13-22-19)23-20(25)12-15-5-3-2-4-6-15/h2-11,13H,12H2,1H3,(H,22,24)(H,23,25). The van der Waals surface area contributed by atoms with E-state index in [1.54, 1.807) is 6.20 Å². The third-order valence-electron chi connectivity index (χ3n) is 3.71. The number of aromatic nitrogens is 1. The molecule has 0 saturated carbocycles. The normalized spacial score (nSPS) is 10.3. The van der Waals surface area contributed by atoms with Gasteiger partial charge in [0.15, 0.2) is 0 Å². The first-order valence-corrected chi connectivity index (χ1v) is 8.72. The first-order chi connectivity index (χ1) is 12.1. The molecule has 2 aromatic carbocycles. The lowest BCUT2D eigenvalue weighted by atomic mass is 10.1. The van der Waals surface area contributed by atoms with E-state index in [2.05, 4.69) is 31.5 Å². The van der Waals surface area contributed by atoms with Gasteiger partial charge in [0.1, 0.15) is 5.82 Å². The summed E-state index contributed by atoms with van der Waals surface area (Å²) in [4.78, 5) is 16.4. The highest BCUT2D eigenvalue weighted by atomic mass is 79.9. The monoisotopic (exact) mass is 395 g/mol. The van der Waals surface area contributed by atoms with Gasteiger partial charge in [-0.3, -0.25) is 4.79 Å². The van der Waals surface area contributed by atoms with Crippen molar-refractivity contribution in [1.82, 2.24) is 4.98 Å². The fourth-order valence-corrected chi connectivity index (χ4v) is 2.91. The van der Waals surface area contributed by atoms with Gasteiger partial charge in [-0.05, 0) is 48.4 Å². The minimum absolute atomic E-state index is 0.0579. The Balaban J connectivity index is 1.61. The Labute approximate surface area is 155 Å². The van der Waals surface area contributed by atoms with Crippen molar-refractivity contribution in [2.24, 2.45) is 0 Å². The van der Waals surface area contributed by atoms with Crippen LogP contribution in [0.5, 0.6) is 0 Å². The molecule has 0 fully saturated rings. The Morgan fingerprint density at radius 3 is 2.56 bits per heavy atom. The van der Waals surface area contributed by atoms with Gasteiger partial charge >= 0.3 is 0 Å². The number of carbonyl (C=O) groups is 1. The van der Waals surface area contributed by atoms with Crippen LogP contribution in [0.15, 0.2) is 71.3 Å². The van der Waals surface area contributed by atoms with Gasteiger partial charge in [-0.25, -0.2) is 4.98 Å². The molecular formula is C20H18BrN3O. The molecule has 4 nitrogen and oxygen atoms in total. The van der Waals surface area contributed by atoms with Crippen LogP contribution in [-0.4, -0.2) is 10.9 Å². The number of aryl methyl sites for hydroxylation is 1. The van der Waals surface area contributed by atoms with Gasteiger partial charge in [-0.1, -0.05) is 46.3 Å². The van der Waals surface area contributed by atoms with Gasteiger partial charge in [0.25, 0.3) is 0 Å². The summed E-state index contributed by atoms with van der Waals surface area (Å²) >= 11 is 3.45. The molecule has 3 rings (SSSR count). The van der Waals surface area contributed by atoms with Crippen molar-refractivity contribution in [3.8, 4) is 0 Å². The maximum atomic E-state index is 12.1. The zero-order valence-corrected chi connectivity index (χ0v) is 15.4. The van der Waals surface area contributed by atoms with Crippen molar-refractivity contribution < 1.29 is 4.79 Å². The average Bonchev–Trinajstić information content (AvgIpc) is 2.60. The Morgan fingerprint density at radius 1 is 1.08 bits per heavy atom. The number of carbonyl (C=O) groups excluding carboxylic acids is 1. The third kappa shape index (κ3) is 4.90. The molecule has 0 saturated heterocycles. The summed E-state index contributed by atoms with van der Waals surface area (Å²) < 4.78 is 1.04. The average molecular weight is 396 g/mol. The molecule has 126 valence electrons. The summed E-state index contributed by atoms with van der Waals surface area (Å²) in [6, 6.07) is 19.4. The van der Waals surface area contributed by atoms with Crippen molar-refractivity contribution in [3.63, 3.8) is 0 Å². The van der Waals surface area contributed by atoms with E-state index in [1.807, 2.05) is 67.6 Å². The summed E-state index contributed by atoms with van der Waals surface area (Å²) in [5.74, 6) is 0.670. The lowest BCUT2D eigenvalue weighted by Gasteiger charge is -2.10. The highest BCUT2D eigenvalue weighted by Gasteiger charge is 2.05. The molecule has 5 heteroatoms. The first kappa shape index (κ1) is 17.2. The van der Waals surface area contributed by atoms with E-state index < -0.39 is 0 Å². The lowest BCUT2D eigenvalue weighted by Crippen LogP contribution is -2.14. The molecule has 0 bridgehead atoms. The maximum Gasteiger partial charge on any atom is 0.228 e. The molecule has 0 radical (unpaired) electrons. The van der Waals surface area contributed by atoms with Crippen LogP contribution < -0.4 is 10.6 Å². The Bertz CT molecular complexity index is 864. The smallest absolute Gasteiger partial charge is 0.228 e. The molecule has 25 heavy (non-hydrogen) atoms. The number of pyridine rings is 1. The van der Waals surface area contributed by atoms with E-state index in [4.69, 9.17) is 0 Å². The second-order valence-corrected chi connectivity index (χ2v) is 6.64.